The zero-order chi connectivity index (χ0) is 8.27. The Morgan fingerprint density at radius 2 is 2.55 bits per heavy atom. The number of aromatic amines is 1. The monoisotopic (exact) mass is 154 g/mol. The summed E-state index contributed by atoms with van der Waals surface area (Å²) in [6.45, 7) is 3.58. The molecule has 0 aliphatic heterocycles. The van der Waals surface area contributed by atoms with Crippen molar-refractivity contribution in [1.29, 1.82) is 0 Å². The van der Waals surface area contributed by atoms with Gasteiger partial charge in [0, 0.05) is 18.2 Å². The first kappa shape index (κ1) is 7.78. The maximum Gasteiger partial charge on any atom is 0.312 e. The quantitative estimate of drug-likeness (QED) is 0.647. The summed E-state index contributed by atoms with van der Waals surface area (Å²) in [5.74, 6) is 0.0749. The normalized spacial score (nSPS) is 9.64. The number of carbonyl (C=O) groups excluding carboxylic acids is 1. The molecule has 0 atom stereocenters. The number of hydrogen-bond donors (Lipinski definition) is 1. The SMILES string of the molecule is CCC(=O)Oc1cc(C)[nH]n1. The van der Waals surface area contributed by atoms with Crippen LogP contribution in [0.4, 0.5) is 0 Å². The van der Waals surface area contributed by atoms with Crippen LogP contribution in [0.2, 0.25) is 0 Å². The number of aryl methyl sites for hydroxylation is 1. The molecule has 0 saturated heterocycles. The van der Waals surface area contributed by atoms with E-state index in [0.29, 0.717) is 12.3 Å². The molecule has 0 fully saturated rings. The summed E-state index contributed by atoms with van der Waals surface area (Å²) >= 11 is 0. The van der Waals surface area contributed by atoms with Gasteiger partial charge in [-0.2, -0.15) is 0 Å². The zero-order valence-corrected chi connectivity index (χ0v) is 6.55. The summed E-state index contributed by atoms with van der Waals surface area (Å²) in [6, 6.07) is 1.67. The minimum absolute atomic E-state index is 0.267. The van der Waals surface area contributed by atoms with E-state index < -0.39 is 0 Å². The number of H-pyrrole nitrogens is 1. The van der Waals surface area contributed by atoms with E-state index >= 15 is 0 Å². The van der Waals surface area contributed by atoms with Gasteiger partial charge in [-0.3, -0.25) is 9.89 Å². The highest BCUT2D eigenvalue weighted by atomic mass is 16.5. The Hall–Kier alpha value is -1.32. The summed E-state index contributed by atoms with van der Waals surface area (Å²) < 4.78 is 4.80. The van der Waals surface area contributed by atoms with Crippen molar-refractivity contribution in [3.63, 3.8) is 0 Å². The van der Waals surface area contributed by atoms with Crippen LogP contribution in [-0.2, 0) is 4.79 Å². The highest BCUT2D eigenvalue weighted by Crippen LogP contribution is 2.07. The van der Waals surface area contributed by atoms with Crippen LogP contribution < -0.4 is 4.74 Å². The van der Waals surface area contributed by atoms with Gasteiger partial charge < -0.3 is 4.74 Å². The first-order valence-corrected chi connectivity index (χ1v) is 3.45. The van der Waals surface area contributed by atoms with Gasteiger partial charge in [0.15, 0.2) is 0 Å². The van der Waals surface area contributed by atoms with Gasteiger partial charge >= 0.3 is 5.97 Å². The molecule has 0 aromatic carbocycles. The van der Waals surface area contributed by atoms with Crippen molar-refractivity contribution in [2.24, 2.45) is 0 Å². The topological polar surface area (TPSA) is 55.0 Å². The van der Waals surface area contributed by atoms with Crippen molar-refractivity contribution in [2.75, 3.05) is 0 Å². The third-order valence-corrected chi connectivity index (χ3v) is 1.19. The molecule has 0 radical (unpaired) electrons. The van der Waals surface area contributed by atoms with E-state index in [-0.39, 0.29) is 5.97 Å². The van der Waals surface area contributed by atoms with Crippen LogP contribution in [-0.4, -0.2) is 16.2 Å². The standard InChI is InChI=1S/C7H10N2O2/c1-3-7(10)11-6-4-5(2)8-9-6/h4H,3H2,1-2H3,(H,8,9). The Labute approximate surface area is 64.6 Å². The molecule has 1 aromatic rings. The lowest BCUT2D eigenvalue weighted by atomic mass is 10.5. The third kappa shape index (κ3) is 2.07. The summed E-state index contributed by atoms with van der Waals surface area (Å²) in [5.41, 5.74) is 0.879. The van der Waals surface area contributed by atoms with Gasteiger partial charge in [-0.15, -0.1) is 5.10 Å². The summed E-state index contributed by atoms with van der Waals surface area (Å²) in [6.07, 6.45) is 0.367. The predicted octanol–water partition coefficient (Wildman–Crippen LogP) is 1.03. The first-order chi connectivity index (χ1) is 5.22. The van der Waals surface area contributed by atoms with Crippen molar-refractivity contribution < 1.29 is 9.53 Å². The number of nitrogens with one attached hydrogen (secondary N) is 1. The number of hydrogen-bond acceptors (Lipinski definition) is 3. The number of aromatic nitrogens is 2. The Bertz CT molecular complexity index is 255. The number of esters is 1. The molecule has 11 heavy (non-hydrogen) atoms. The molecule has 0 unspecified atom stereocenters. The molecule has 1 aromatic heterocycles. The Morgan fingerprint density at radius 3 is 3.00 bits per heavy atom. The molecule has 0 amide bonds. The molecule has 0 saturated carbocycles. The summed E-state index contributed by atoms with van der Waals surface area (Å²) in [4.78, 5) is 10.7. The average Bonchev–Trinajstić information content (AvgIpc) is 2.35. The molecule has 1 heterocycles. The second kappa shape index (κ2) is 3.18. The van der Waals surface area contributed by atoms with E-state index in [1.807, 2.05) is 6.92 Å². The molecule has 0 bridgehead atoms. The molecule has 0 aliphatic carbocycles. The highest BCUT2D eigenvalue weighted by molar-refractivity contribution is 5.71. The number of carbonyl (C=O) groups is 1. The number of nitrogens with zero attached hydrogens (tertiary/aromatic N) is 1. The van der Waals surface area contributed by atoms with E-state index in [1.54, 1.807) is 13.0 Å². The minimum Gasteiger partial charge on any atom is -0.406 e. The minimum atomic E-state index is -0.267. The number of ether oxygens (including phenoxy) is 1. The maximum atomic E-state index is 10.7. The van der Waals surface area contributed by atoms with Crippen LogP contribution >= 0.6 is 0 Å². The molecule has 0 aliphatic rings. The molecule has 60 valence electrons. The van der Waals surface area contributed by atoms with Gasteiger partial charge in [0.2, 0.25) is 5.88 Å². The van der Waals surface area contributed by atoms with E-state index in [4.69, 9.17) is 4.74 Å². The van der Waals surface area contributed by atoms with Crippen LogP contribution in [0.15, 0.2) is 6.07 Å². The Balaban J connectivity index is 2.57. The fourth-order valence-electron chi connectivity index (χ4n) is 0.634. The lowest BCUT2D eigenvalue weighted by Crippen LogP contribution is -2.05. The third-order valence-electron chi connectivity index (χ3n) is 1.19. The average molecular weight is 154 g/mol. The van der Waals surface area contributed by atoms with E-state index in [1.165, 1.54) is 0 Å². The summed E-state index contributed by atoms with van der Waals surface area (Å²) in [5, 5.41) is 6.41. The van der Waals surface area contributed by atoms with Crippen LogP contribution in [0.1, 0.15) is 19.0 Å². The van der Waals surface area contributed by atoms with E-state index in [0.717, 1.165) is 5.69 Å². The molecule has 4 nitrogen and oxygen atoms in total. The lowest BCUT2D eigenvalue weighted by Gasteiger charge is -1.94. The molecule has 1 N–H and O–H groups in total. The van der Waals surface area contributed by atoms with Crippen molar-refractivity contribution in [3.05, 3.63) is 11.8 Å². The second-order valence-electron chi connectivity index (χ2n) is 2.22. The van der Waals surface area contributed by atoms with Gasteiger partial charge in [-0.1, -0.05) is 6.92 Å². The van der Waals surface area contributed by atoms with E-state index in [9.17, 15) is 4.79 Å². The van der Waals surface area contributed by atoms with Gasteiger partial charge in [0.05, 0.1) is 0 Å². The number of rotatable bonds is 2. The van der Waals surface area contributed by atoms with Gasteiger partial charge in [0.1, 0.15) is 0 Å². The van der Waals surface area contributed by atoms with E-state index in [2.05, 4.69) is 10.2 Å². The Kier molecular flexibility index (Phi) is 2.25. The predicted molar refractivity (Wildman–Crippen MR) is 39.3 cm³/mol. The molecule has 4 heteroatoms. The van der Waals surface area contributed by atoms with Crippen LogP contribution in [0.3, 0.4) is 0 Å². The van der Waals surface area contributed by atoms with Crippen molar-refractivity contribution >= 4 is 5.97 Å². The fourth-order valence-corrected chi connectivity index (χ4v) is 0.634. The van der Waals surface area contributed by atoms with Crippen LogP contribution in [0.25, 0.3) is 0 Å². The van der Waals surface area contributed by atoms with Crippen LogP contribution in [0.5, 0.6) is 5.88 Å². The van der Waals surface area contributed by atoms with Crippen molar-refractivity contribution in [3.8, 4) is 5.88 Å². The van der Waals surface area contributed by atoms with Gasteiger partial charge in [-0.25, -0.2) is 0 Å². The lowest BCUT2D eigenvalue weighted by molar-refractivity contribution is -0.134. The van der Waals surface area contributed by atoms with Crippen molar-refractivity contribution in [1.82, 2.24) is 10.2 Å². The zero-order valence-electron chi connectivity index (χ0n) is 6.55. The molecule has 1 rings (SSSR count). The molecular weight excluding hydrogens is 144 g/mol. The van der Waals surface area contributed by atoms with Gasteiger partial charge in [0.25, 0.3) is 0 Å². The summed E-state index contributed by atoms with van der Waals surface area (Å²) in [7, 11) is 0. The molecule has 0 spiro atoms. The fraction of sp³-hybridized carbons (Fsp3) is 0.429. The van der Waals surface area contributed by atoms with Gasteiger partial charge in [-0.05, 0) is 6.92 Å². The van der Waals surface area contributed by atoms with Crippen LogP contribution in [0, 0.1) is 6.92 Å². The maximum absolute atomic E-state index is 10.7. The smallest absolute Gasteiger partial charge is 0.312 e. The first-order valence-electron chi connectivity index (χ1n) is 3.45. The van der Waals surface area contributed by atoms with Crippen molar-refractivity contribution in [2.45, 2.75) is 20.3 Å². The second-order valence-corrected chi connectivity index (χ2v) is 2.22. The largest absolute Gasteiger partial charge is 0.406 e. The Morgan fingerprint density at radius 1 is 1.82 bits per heavy atom. The molecular formula is C7H10N2O2. The highest BCUT2D eigenvalue weighted by Gasteiger charge is 2.03.